The summed E-state index contributed by atoms with van der Waals surface area (Å²) < 4.78 is 23.5. The number of hydrogen-bond donors (Lipinski definition) is 1. The first-order valence-electron chi connectivity index (χ1n) is 8.11. The van der Waals surface area contributed by atoms with Crippen molar-refractivity contribution in [3.63, 3.8) is 0 Å². The van der Waals surface area contributed by atoms with E-state index in [1.54, 1.807) is 38.3 Å². The van der Waals surface area contributed by atoms with Crippen LogP contribution in [0.15, 0.2) is 48.5 Å². The second-order valence-corrected chi connectivity index (χ2v) is 6.04. The predicted octanol–water partition coefficient (Wildman–Crippen LogP) is 2.68. The van der Waals surface area contributed by atoms with E-state index in [-0.39, 0.29) is 24.9 Å². The van der Waals surface area contributed by atoms with Gasteiger partial charge in [-0.05, 0) is 48.9 Å². The van der Waals surface area contributed by atoms with Gasteiger partial charge in [0.05, 0.1) is 13.7 Å². The molecule has 1 unspecified atom stereocenters. The number of hydrogen-bond acceptors (Lipinski definition) is 4. The Morgan fingerprint density at radius 2 is 1.65 bits per heavy atom. The molecule has 1 atom stereocenters. The average Bonchev–Trinajstić information content (AvgIpc) is 2.87. The smallest absolute Gasteiger partial charge is 0.325 e. The van der Waals surface area contributed by atoms with Crippen molar-refractivity contribution in [2.45, 2.75) is 12.5 Å². The maximum absolute atomic E-state index is 12.9. The van der Waals surface area contributed by atoms with Crippen LogP contribution in [-0.2, 0) is 10.3 Å². The summed E-state index contributed by atoms with van der Waals surface area (Å²) in [5.41, 5.74) is -0.474. The number of nitrogens with one attached hydrogen (secondary N) is 1. The van der Waals surface area contributed by atoms with Crippen LogP contribution in [0.5, 0.6) is 11.5 Å². The zero-order chi connectivity index (χ0) is 18.7. The number of halogens is 1. The Kier molecular flexibility index (Phi) is 4.79. The lowest BCUT2D eigenvalue weighted by atomic mass is 9.92. The fraction of sp³-hybridized carbons (Fsp3) is 0.263. The van der Waals surface area contributed by atoms with E-state index in [4.69, 9.17) is 9.47 Å². The van der Waals surface area contributed by atoms with Crippen molar-refractivity contribution in [1.82, 2.24) is 10.2 Å². The van der Waals surface area contributed by atoms with Gasteiger partial charge < -0.3 is 14.8 Å². The van der Waals surface area contributed by atoms with Gasteiger partial charge in [0.25, 0.3) is 5.91 Å². The molecule has 3 amide bonds. The summed E-state index contributed by atoms with van der Waals surface area (Å²) in [6, 6.07) is 12.0. The summed E-state index contributed by atoms with van der Waals surface area (Å²) in [5.74, 6) is 0.423. The molecule has 1 saturated heterocycles. The standard InChI is InChI=1S/C19H19FN2O4/c1-19(13-3-7-15(25-2)8-4-13)17(23)22(18(24)21-19)11-12-26-16-9-5-14(20)6-10-16/h3-10H,11-12H2,1-2H3,(H,21,24). The van der Waals surface area contributed by atoms with Crippen molar-refractivity contribution in [3.8, 4) is 11.5 Å². The molecule has 0 aromatic heterocycles. The second-order valence-electron chi connectivity index (χ2n) is 6.04. The molecule has 1 N–H and O–H groups in total. The van der Waals surface area contributed by atoms with Crippen LogP contribution in [0.25, 0.3) is 0 Å². The Balaban J connectivity index is 1.66. The number of nitrogens with zero attached hydrogens (tertiary/aromatic N) is 1. The van der Waals surface area contributed by atoms with E-state index in [1.807, 2.05) is 0 Å². The number of ether oxygens (including phenoxy) is 2. The van der Waals surface area contributed by atoms with Crippen molar-refractivity contribution >= 4 is 11.9 Å². The van der Waals surface area contributed by atoms with Gasteiger partial charge in [-0.25, -0.2) is 9.18 Å². The van der Waals surface area contributed by atoms with Gasteiger partial charge in [-0.2, -0.15) is 0 Å². The van der Waals surface area contributed by atoms with E-state index in [0.29, 0.717) is 17.1 Å². The van der Waals surface area contributed by atoms with Crippen LogP contribution < -0.4 is 14.8 Å². The van der Waals surface area contributed by atoms with E-state index in [9.17, 15) is 14.0 Å². The van der Waals surface area contributed by atoms with E-state index in [0.717, 1.165) is 4.90 Å². The van der Waals surface area contributed by atoms with Gasteiger partial charge in [-0.3, -0.25) is 9.69 Å². The zero-order valence-electron chi connectivity index (χ0n) is 14.5. The van der Waals surface area contributed by atoms with Crippen LogP contribution in [-0.4, -0.2) is 37.1 Å². The Morgan fingerprint density at radius 3 is 2.27 bits per heavy atom. The summed E-state index contributed by atoms with van der Waals surface area (Å²) in [4.78, 5) is 26.2. The van der Waals surface area contributed by atoms with Gasteiger partial charge in [0.2, 0.25) is 0 Å². The van der Waals surface area contributed by atoms with Crippen LogP contribution in [0.1, 0.15) is 12.5 Å². The maximum Gasteiger partial charge on any atom is 0.325 e. The fourth-order valence-corrected chi connectivity index (χ4v) is 2.81. The largest absolute Gasteiger partial charge is 0.497 e. The minimum Gasteiger partial charge on any atom is -0.497 e. The van der Waals surface area contributed by atoms with E-state index in [2.05, 4.69) is 5.32 Å². The Labute approximate surface area is 150 Å². The van der Waals surface area contributed by atoms with Crippen molar-refractivity contribution in [3.05, 3.63) is 59.9 Å². The maximum atomic E-state index is 12.9. The molecule has 1 fully saturated rings. The van der Waals surface area contributed by atoms with Crippen molar-refractivity contribution in [2.75, 3.05) is 20.3 Å². The first-order valence-corrected chi connectivity index (χ1v) is 8.11. The van der Waals surface area contributed by atoms with Crippen molar-refractivity contribution in [1.29, 1.82) is 0 Å². The van der Waals surface area contributed by atoms with Gasteiger partial charge in [-0.1, -0.05) is 12.1 Å². The molecule has 0 bridgehead atoms. The molecule has 6 nitrogen and oxygen atoms in total. The Hall–Kier alpha value is -3.09. The summed E-state index contributed by atoms with van der Waals surface area (Å²) in [5, 5.41) is 2.73. The quantitative estimate of drug-likeness (QED) is 0.806. The zero-order valence-corrected chi connectivity index (χ0v) is 14.5. The van der Waals surface area contributed by atoms with Crippen molar-refractivity contribution in [2.24, 2.45) is 0 Å². The average molecular weight is 358 g/mol. The molecule has 26 heavy (non-hydrogen) atoms. The third-order valence-electron chi connectivity index (χ3n) is 4.34. The SMILES string of the molecule is COc1ccc(C2(C)NC(=O)N(CCOc3ccc(F)cc3)C2=O)cc1. The molecule has 2 aromatic carbocycles. The van der Waals surface area contributed by atoms with Crippen LogP contribution in [0.4, 0.5) is 9.18 Å². The minimum absolute atomic E-state index is 0.0911. The van der Waals surface area contributed by atoms with Crippen LogP contribution in [0.3, 0.4) is 0 Å². The number of imide groups is 1. The number of benzene rings is 2. The summed E-state index contributed by atoms with van der Waals surface area (Å²) in [6.45, 7) is 1.87. The predicted molar refractivity (Wildman–Crippen MR) is 92.5 cm³/mol. The Morgan fingerprint density at radius 1 is 1.04 bits per heavy atom. The molecular weight excluding hydrogens is 339 g/mol. The molecule has 0 spiro atoms. The third-order valence-corrected chi connectivity index (χ3v) is 4.34. The second kappa shape index (κ2) is 7.03. The number of carbonyl (C=O) groups excluding carboxylic acids is 2. The monoisotopic (exact) mass is 358 g/mol. The highest BCUT2D eigenvalue weighted by Crippen LogP contribution is 2.29. The molecule has 0 aliphatic carbocycles. The molecular formula is C19H19FN2O4. The molecule has 7 heteroatoms. The lowest BCUT2D eigenvalue weighted by Gasteiger charge is -2.22. The molecule has 1 heterocycles. The fourth-order valence-electron chi connectivity index (χ4n) is 2.81. The van der Waals surface area contributed by atoms with E-state index < -0.39 is 11.6 Å². The topological polar surface area (TPSA) is 67.9 Å². The van der Waals surface area contributed by atoms with Crippen LogP contribution >= 0.6 is 0 Å². The number of methoxy groups -OCH3 is 1. The van der Waals surface area contributed by atoms with Crippen LogP contribution in [0, 0.1) is 5.82 Å². The minimum atomic E-state index is -1.14. The van der Waals surface area contributed by atoms with E-state index >= 15 is 0 Å². The van der Waals surface area contributed by atoms with Gasteiger partial charge in [-0.15, -0.1) is 0 Å². The summed E-state index contributed by atoms with van der Waals surface area (Å²) in [7, 11) is 1.56. The lowest BCUT2D eigenvalue weighted by molar-refractivity contribution is -0.131. The van der Waals surface area contributed by atoms with Gasteiger partial charge >= 0.3 is 6.03 Å². The molecule has 136 valence electrons. The molecule has 0 radical (unpaired) electrons. The highest BCUT2D eigenvalue weighted by atomic mass is 19.1. The number of amides is 3. The lowest BCUT2D eigenvalue weighted by Crippen LogP contribution is -2.41. The normalized spacial score (nSPS) is 19.4. The number of urea groups is 1. The molecule has 1 aliphatic rings. The Bertz CT molecular complexity index is 807. The molecule has 2 aromatic rings. The van der Waals surface area contributed by atoms with Crippen LogP contribution in [0.2, 0.25) is 0 Å². The van der Waals surface area contributed by atoms with Crippen molar-refractivity contribution < 1.29 is 23.5 Å². The first-order chi connectivity index (χ1) is 12.4. The molecule has 3 rings (SSSR count). The summed E-state index contributed by atoms with van der Waals surface area (Å²) >= 11 is 0. The first kappa shape index (κ1) is 17.7. The number of carbonyl (C=O) groups is 2. The molecule has 0 saturated carbocycles. The van der Waals surface area contributed by atoms with Gasteiger partial charge in [0.15, 0.2) is 0 Å². The number of rotatable bonds is 6. The highest BCUT2D eigenvalue weighted by Gasteiger charge is 2.48. The van der Waals surface area contributed by atoms with Gasteiger partial charge in [0.1, 0.15) is 29.5 Å². The highest BCUT2D eigenvalue weighted by molar-refractivity contribution is 6.07. The van der Waals surface area contributed by atoms with Gasteiger partial charge in [0, 0.05) is 0 Å². The summed E-state index contributed by atoms with van der Waals surface area (Å²) in [6.07, 6.45) is 0. The third kappa shape index (κ3) is 3.33. The van der Waals surface area contributed by atoms with E-state index in [1.165, 1.54) is 24.3 Å². The molecule has 1 aliphatic heterocycles.